The number of rotatable bonds is 9. The molecule has 4 aliphatic carbocycles. The highest BCUT2D eigenvalue weighted by molar-refractivity contribution is 6.04. The Morgan fingerprint density at radius 3 is 2.56 bits per heavy atom. The van der Waals surface area contributed by atoms with Gasteiger partial charge in [-0.15, -0.1) is 0 Å². The van der Waals surface area contributed by atoms with Crippen LogP contribution < -0.4 is 10.4 Å². The van der Waals surface area contributed by atoms with E-state index in [-0.39, 0.29) is 29.7 Å². The fourth-order valence-corrected chi connectivity index (χ4v) is 10.9. The third-order valence-electron chi connectivity index (χ3n) is 13.6. The lowest BCUT2D eigenvalue weighted by molar-refractivity contribution is -0.154. The van der Waals surface area contributed by atoms with Crippen LogP contribution in [0.4, 0.5) is 0 Å². The number of esters is 1. The summed E-state index contributed by atoms with van der Waals surface area (Å²) in [5.74, 6) is 5.10. The first-order valence-electron chi connectivity index (χ1n) is 19.0. The van der Waals surface area contributed by atoms with Crippen LogP contribution in [0.25, 0.3) is 21.7 Å². The molecule has 0 radical (unpaired) electrons. The fourth-order valence-electron chi connectivity index (χ4n) is 10.9. The summed E-state index contributed by atoms with van der Waals surface area (Å²) < 4.78 is 17.4. The maximum atomic E-state index is 13.0. The van der Waals surface area contributed by atoms with Gasteiger partial charge in [-0.25, -0.2) is 9.59 Å². The second kappa shape index (κ2) is 13.3. The van der Waals surface area contributed by atoms with E-state index >= 15 is 0 Å². The van der Waals surface area contributed by atoms with Crippen molar-refractivity contribution in [2.45, 2.75) is 118 Å². The molecule has 8 unspecified atom stereocenters. The van der Waals surface area contributed by atoms with E-state index in [1.54, 1.807) is 12.1 Å². The Morgan fingerprint density at radius 1 is 0.938 bits per heavy atom. The van der Waals surface area contributed by atoms with Crippen LogP contribution in [0.2, 0.25) is 0 Å². The summed E-state index contributed by atoms with van der Waals surface area (Å²) in [6.07, 6.45) is 17.7. The normalized spacial score (nSPS) is 32.2. The zero-order valence-corrected chi connectivity index (χ0v) is 29.9. The van der Waals surface area contributed by atoms with Crippen LogP contribution in [-0.2, 0) is 9.53 Å². The van der Waals surface area contributed by atoms with Gasteiger partial charge in [0.05, 0.1) is 5.39 Å². The Morgan fingerprint density at radius 2 is 1.75 bits per heavy atom. The molecule has 2 aromatic carbocycles. The third-order valence-corrected chi connectivity index (χ3v) is 13.6. The zero-order valence-electron chi connectivity index (χ0n) is 29.9. The Hall–Kier alpha value is -3.08. The summed E-state index contributed by atoms with van der Waals surface area (Å²) in [6.45, 7) is 12.3. The first-order chi connectivity index (χ1) is 23.0. The van der Waals surface area contributed by atoms with Crippen LogP contribution >= 0.6 is 0 Å². The molecule has 48 heavy (non-hydrogen) atoms. The lowest BCUT2D eigenvalue weighted by atomic mass is 9.44. The standard InChI is InChI=1S/C43H56O5/c1-27(2)9-8-10-28(3)29-13-18-37-36-16-14-30-23-32(19-22-43(30,5)38(36)20-21-42(37,4)25-29)47-40(44)26-46-31-15-17-34-33-11-6-7-12-35(33)41(45)48-39(34)24-31/h6-7,11-12,14-15,17,24,27-29,32,36-38H,8-10,13,16,18-23,25-26H2,1-5H3. The number of hydrogen-bond donors (Lipinski definition) is 0. The van der Waals surface area contributed by atoms with Crippen LogP contribution in [0.3, 0.4) is 0 Å². The first kappa shape index (κ1) is 33.4. The molecule has 0 saturated heterocycles. The first-order valence-corrected chi connectivity index (χ1v) is 19.0. The molecular formula is C43H56O5. The highest BCUT2D eigenvalue weighted by Crippen LogP contribution is 2.65. The lowest BCUT2D eigenvalue weighted by Gasteiger charge is -2.61. The summed E-state index contributed by atoms with van der Waals surface area (Å²) in [4.78, 5) is 25.4. The molecule has 5 heteroatoms. The van der Waals surface area contributed by atoms with E-state index in [1.807, 2.05) is 30.3 Å². The third kappa shape index (κ3) is 6.36. The van der Waals surface area contributed by atoms with Crippen molar-refractivity contribution in [1.29, 1.82) is 0 Å². The van der Waals surface area contributed by atoms with Crippen LogP contribution in [0.15, 0.2) is 63.3 Å². The maximum Gasteiger partial charge on any atom is 0.344 e. The number of carbonyl (C=O) groups excluding carboxylic acids is 1. The Balaban J connectivity index is 0.947. The molecule has 8 atom stereocenters. The maximum absolute atomic E-state index is 13.0. The van der Waals surface area contributed by atoms with E-state index in [2.05, 4.69) is 40.7 Å². The second-order valence-corrected chi connectivity index (χ2v) is 17.0. The predicted octanol–water partition coefficient (Wildman–Crippen LogP) is 10.7. The largest absolute Gasteiger partial charge is 0.482 e. The van der Waals surface area contributed by atoms with Crippen molar-refractivity contribution < 1.29 is 18.7 Å². The van der Waals surface area contributed by atoms with Gasteiger partial charge in [0.15, 0.2) is 6.61 Å². The number of hydrogen-bond acceptors (Lipinski definition) is 5. The Bertz CT molecular complexity index is 1730. The highest BCUT2D eigenvalue weighted by atomic mass is 16.6. The number of carbonyl (C=O) groups is 1. The van der Waals surface area contributed by atoms with Crippen molar-refractivity contribution in [3.63, 3.8) is 0 Å². The van der Waals surface area contributed by atoms with Gasteiger partial charge in [-0.05, 0) is 121 Å². The van der Waals surface area contributed by atoms with Gasteiger partial charge < -0.3 is 13.9 Å². The van der Waals surface area contributed by atoms with Crippen molar-refractivity contribution in [3.05, 3.63) is 64.5 Å². The Labute approximate surface area is 286 Å². The van der Waals surface area contributed by atoms with Crippen molar-refractivity contribution in [2.75, 3.05) is 6.61 Å². The second-order valence-electron chi connectivity index (χ2n) is 17.0. The van der Waals surface area contributed by atoms with E-state index in [1.165, 1.54) is 63.4 Å². The monoisotopic (exact) mass is 652 g/mol. The summed E-state index contributed by atoms with van der Waals surface area (Å²) in [5.41, 5.74) is 2.32. The van der Waals surface area contributed by atoms with Crippen LogP contribution in [0, 0.1) is 46.3 Å². The van der Waals surface area contributed by atoms with Crippen LogP contribution in [-0.4, -0.2) is 18.7 Å². The summed E-state index contributed by atoms with van der Waals surface area (Å²) in [7, 11) is 0. The number of allylic oxidation sites excluding steroid dienone is 1. The van der Waals surface area contributed by atoms with Gasteiger partial charge in [0.1, 0.15) is 17.4 Å². The molecule has 3 saturated carbocycles. The van der Waals surface area contributed by atoms with Crippen molar-refractivity contribution in [2.24, 2.45) is 46.3 Å². The average Bonchev–Trinajstić information content (AvgIpc) is 3.06. The van der Waals surface area contributed by atoms with Crippen molar-refractivity contribution in [1.82, 2.24) is 0 Å². The van der Waals surface area contributed by atoms with Crippen LogP contribution in [0.5, 0.6) is 5.75 Å². The number of ether oxygens (including phenoxy) is 2. The summed E-state index contributed by atoms with van der Waals surface area (Å²) >= 11 is 0. The van der Waals surface area contributed by atoms with Gasteiger partial charge >= 0.3 is 11.6 Å². The molecule has 3 aromatic rings. The van der Waals surface area contributed by atoms with E-state index < -0.39 is 0 Å². The Kier molecular flexibility index (Phi) is 9.28. The van der Waals surface area contributed by atoms with Gasteiger partial charge in [0, 0.05) is 17.9 Å². The molecule has 0 spiro atoms. The van der Waals surface area contributed by atoms with E-state index in [0.29, 0.717) is 22.1 Å². The molecule has 7 rings (SSSR count). The van der Waals surface area contributed by atoms with Gasteiger partial charge in [0.25, 0.3) is 0 Å². The molecule has 0 N–H and O–H groups in total. The van der Waals surface area contributed by atoms with E-state index in [0.717, 1.165) is 65.5 Å². The topological polar surface area (TPSA) is 65.7 Å². The minimum absolute atomic E-state index is 0.0977. The van der Waals surface area contributed by atoms with Crippen molar-refractivity contribution in [3.8, 4) is 5.75 Å². The molecule has 3 fully saturated rings. The molecule has 1 heterocycles. The average molecular weight is 653 g/mol. The van der Waals surface area contributed by atoms with Gasteiger partial charge in [-0.1, -0.05) is 83.7 Å². The molecule has 0 amide bonds. The minimum Gasteiger partial charge on any atom is -0.482 e. The van der Waals surface area contributed by atoms with Gasteiger partial charge in [0.2, 0.25) is 0 Å². The molecule has 1 aromatic heterocycles. The van der Waals surface area contributed by atoms with E-state index in [4.69, 9.17) is 13.9 Å². The van der Waals surface area contributed by atoms with Crippen LogP contribution in [0.1, 0.15) is 112 Å². The van der Waals surface area contributed by atoms with Gasteiger partial charge in [-0.2, -0.15) is 0 Å². The predicted molar refractivity (Wildman–Crippen MR) is 193 cm³/mol. The molecule has 5 nitrogen and oxygen atoms in total. The van der Waals surface area contributed by atoms with E-state index in [9.17, 15) is 9.59 Å². The molecule has 0 aliphatic heterocycles. The smallest absolute Gasteiger partial charge is 0.344 e. The number of fused-ring (bicyclic) bond motifs is 8. The molecule has 258 valence electrons. The summed E-state index contributed by atoms with van der Waals surface area (Å²) in [5, 5.41) is 2.23. The lowest BCUT2D eigenvalue weighted by Crippen LogP contribution is -2.52. The number of benzene rings is 2. The zero-order chi connectivity index (χ0) is 33.6. The highest BCUT2D eigenvalue weighted by Gasteiger charge is 2.56. The fraction of sp³-hybridized carbons (Fsp3) is 0.628. The SMILES string of the molecule is CC(C)CCCC(C)C1CCC2C3CC=C4CC(OC(=O)COc5ccc6c(c5)oc(=O)c5ccccc56)CCC4(C)C3CCC2(C)C1. The molecule has 0 bridgehead atoms. The minimum atomic E-state index is -0.380. The molecule has 4 aliphatic rings. The van der Waals surface area contributed by atoms with Gasteiger partial charge in [-0.3, -0.25) is 0 Å². The van der Waals surface area contributed by atoms with Crippen molar-refractivity contribution >= 4 is 27.7 Å². The summed E-state index contributed by atoms with van der Waals surface area (Å²) in [6, 6.07) is 12.8. The quantitative estimate of drug-likeness (QED) is 0.0996. The molecular weight excluding hydrogens is 596 g/mol.